The summed E-state index contributed by atoms with van der Waals surface area (Å²) in [6.07, 6.45) is -0.542. The van der Waals surface area contributed by atoms with E-state index < -0.39 is 12.1 Å². The van der Waals surface area contributed by atoms with Crippen molar-refractivity contribution in [1.82, 2.24) is 9.78 Å². The highest BCUT2D eigenvalue weighted by Gasteiger charge is 2.18. The Kier molecular flexibility index (Phi) is 7.19. The van der Waals surface area contributed by atoms with Crippen molar-refractivity contribution in [3.8, 4) is 11.1 Å². The standard InChI is InChI=1S/C26H25N5O3/c1-19-23(20-11-5-2-6-12-20)24(29-25(32)27-21-13-7-3-8-14-21)30-31(19)17-18-34-26(33)28-22-15-9-4-10-16-22/h2-16H,17-18H2,1H3,(H,28,33)(H2,27,29,30,32). The van der Waals surface area contributed by atoms with Gasteiger partial charge in [-0.15, -0.1) is 0 Å². The van der Waals surface area contributed by atoms with Crippen molar-refractivity contribution in [1.29, 1.82) is 0 Å². The predicted molar refractivity (Wildman–Crippen MR) is 133 cm³/mol. The van der Waals surface area contributed by atoms with Crippen LogP contribution in [0.1, 0.15) is 5.69 Å². The summed E-state index contributed by atoms with van der Waals surface area (Å²) in [5.41, 5.74) is 3.90. The maximum absolute atomic E-state index is 12.6. The van der Waals surface area contributed by atoms with Gasteiger partial charge in [-0.25, -0.2) is 9.59 Å². The van der Waals surface area contributed by atoms with E-state index in [-0.39, 0.29) is 6.61 Å². The Bertz CT molecular complexity index is 1240. The van der Waals surface area contributed by atoms with E-state index in [1.54, 1.807) is 28.9 Å². The van der Waals surface area contributed by atoms with Crippen LogP contribution >= 0.6 is 0 Å². The fraction of sp³-hybridized carbons (Fsp3) is 0.115. The number of aromatic nitrogens is 2. The third-order valence-corrected chi connectivity index (χ3v) is 5.09. The molecule has 3 N–H and O–H groups in total. The first kappa shape index (κ1) is 22.6. The van der Waals surface area contributed by atoms with Gasteiger partial charge in [0.05, 0.1) is 6.54 Å². The molecular formula is C26H25N5O3. The highest BCUT2D eigenvalue weighted by atomic mass is 16.5. The van der Waals surface area contributed by atoms with E-state index in [9.17, 15) is 9.59 Å². The van der Waals surface area contributed by atoms with Gasteiger partial charge in [0.1, 0.15) is 6.61 Å². The van der Waals surface area contributed by atoms with Gasteiger partial charge in [0, 0.05) is 22.6 Å². The van der Waals surface area contributed by atoms with Gasteiger partial charge >= 0.3 is 12.1 Å². The smallest absolute Gasteiger partial charge is 0.411 e. The maximum Gasteiger partial charge on any atom is 0.411 e. The van der Waals surface area contributed by atoms with Crippen molar-refractivity contribution >= 4 is 29.3 Å². The van der Waals surface area contributed by atoms with Crippen LogP contribution in [0.2, 0.25) is 0 Å². The summed E-state index contributed by atoms with van der Waals surface area (Å²) in [4.78, 5) is 24.7. The molecule has 0 aliphatic carbocycles. The zero-order chi connectivity index (χ0) is 23.8. The highest BCUT2D eigenvalue weighted by Crippen LogP contribution is 2.31. The van der Waals surface area contributed by atoms with Gasteiger partial charge in [0.25, 0.3) is 0 Å². The average Bonchev–Trinajstić information content (AvgIpc) is 3.15. The van der Waals surface area contributed by atoms with E-state index >= 15 is 0 Å². The number of amides is 3. The number of hydrogen-bond acceptors (Lipinski definition) is 4. The molecule has 0 atom stereocenters. The molecule has 0 aliphatic heterocycles. The second-order valence-electron chi connectivity index (χ2n) is 7.47. The van der Waals surface area contributed by atoms with Crippen LogP contribution in [0.4, 0.5) is 26.8 Å². The molecular weight excluding hydrogens is 430 g/mol. The molecule has 8 heteroatoms. The third kappa shape index (κ3) is 5.80. The van der Waals surface area contributed by atoms with Crippen LogP contribution in [-0.4, -0.2) is 28.5 Å². The number of rotatable bonds is 7. The Morgan fingerprint density at radius 3 is 1.97 bits per heavy atom. The minimum absolute atomic E-state index is 0.116. The van der Waals surface area contributed by atoms with Crippen molar-refractivity contribution in [2.45, 2.75) is 13.5 Å². The molecule has 0 bridgehead atoms. The highest BCUT2D eigenvalue weighted by molar-refractivity contribution is 6.01. The first-order chi connectivity index (χ1) is 16.6. The van der Waals surface area contributed by atoms with E-state index in [0.29, 0.717) is 23.7 Å². The lowest BCUT2D eigenvalue weighted by Crippen LogP contribution is -2.20. The van der Waals surface area contributed by atoms with Crippen LogP contribution in [0.15, 0.2) is 91.0 Å². The second-order valence-corrected chi connectivity index (χ2v) is 7.47. The Balaban J connectivity index is 1.46. The number of para-hydroxylation sites is 2. The zero-order valence-corrected chi connectivity index (χ0v) is 18.7. The van der Waals surface area contributed by atoms with E-state index in [0.717, 1.165) is 16.8 Å². The topological polar surface area (TPSA) is 97.3 Å². The van der Waals surface area contributed by atoms with Gasteiger partial charge in [-0.1, -0.05) is 66.7 Å². The van der Waals surface area contributed by atoms with Crippen LogP contribution in [-0.2, 0) is 11.3 Å². The Morgan fingerprint density at radius 2 is 1.35 bits per heavy atom. The first-order valence-corrected chi connectivity index (χ1v) is 10.8. The number of carbonyl (C=O) groups excluding carboxylic acids is 2. The molecule has 172 valence electrons. The fourth-order valence-corrected chi connectivity index (χ4v) is 3.49. The van der Waals surface area contributed by atoms with Gasteiger partial charge in [0.2, 0.25) is 0 Å². The van der Waals surface area contributed by atoms with Crippen LogP contribution in [0, 0.1) is 6.92 Å². The summed E-state index contributed by atoms with van der Waals surface area (Å²) in [5, 5.41) is 12.9. The number of anilines is 3. The number of nitrogens with zero attached hydrogens (tertiary/aromatic N) is 2. The maximum atomic E-state index is 12.6. The summed E-state index contributed by atoms with van der Waals surface area (Å²) in [5.74, 6) is 0.422. The van der Waals surface area contributed by atoms with Crippen LogP contribution in [0.25, 0.3) is 11.1 Å². The van der Waals surface area contributed by atoms with Crippen LogP contribution in [0.3, 0.4) is 0 Å². The second kappa shape index (κ2) is 10.8. The average molecular weight is 456 g/mol. The van der Waals surface area contributed by atoms with E-state index in [1.807, 2.05) is 73.7 Å². The Morgan fingerprint density at radius 1 is 0.794 bits per heavy atom. The van der Waals surface area contributed by atoms with Gasteiger partial charge in [0.15, 0.2) is 5.82 Å². The first-order valence-electron chi connectivity index (χ1n) is 10.8. The summed E-state index contributed by atoms with van der Waals surface area (Å²) in [6.45, 7) is 2.36. The molecule has 3 amide bonds. The summed E-state index contributed by atoms with van der Waals surface area (Å²) in [7, 11) is 0. The van der Waals surface area contributed by atoms with Gasteiger partial charge < -0.3 is 10.1 Å². The fourth-order valence-electron chi connectivity index (χ4n) is 3.49. The molecule has 34 heavy (non-hydrogen) atoms. The number of benzene rings is 3. The van der Waals surface area contributed by atoms with E-state index in [1.165, 1.54) is 0 Å². The minimum atomic E-state index is -0.542. The zero-order valence-electron chi connectivity index (χ0n) is 18.7. The third-order valence-electron chi connectivity index (χ3n) is 5.09. The molecule has 1 heterocycles. The number of ether oxygens (including phenoxy) is 1. The molecule has 4 rings (SSSR count). The molecule has 0 unspecified atom stereocenters. The molecule has 0 fully saturated rings. The van der Waals surface area contributed by atoms with Crippen molar-refractivity contribution in [3.05, 3.63) is 96.7 Å². The molecule has 8 nitrogen and oxygen atoms in total. The van der Waals surface area contributed by atoms with E-state index in [2.05, 4.69) is 21.0 Å². The monoisotopic (exact) mass is 455 g/mol. The predicted octanol–water partition coefficient (Wildman–Crippen LogP) is 5.75. The number of hydrogen-bond donors (Lipinski definition) is 3. The lowest BCUT2D eigenvalue weighted by molar-refractivity contribution is 0.155. The molecule has 0 radical (unpaired) electrons. The van der Waals surface area contributed by atoms with Crippen molar-refractivity contribution in [2.24, 2.45) is 0 Å². The molecule has 1 aromatic heterocycles. The number of carbonyl (C=O) groups is 2. The molecule has 4 aromatic rings. The van der Waals surface area contributed by atoms with E-state index in [4.69, 9.17) is 4.74 Å². The summed E-state index contributed by atoms with van der Waals surface area (Å²) >= 11 is 0. The van der Waals surface area contributed by atoms with Crippen LogP contribution < -0.4 is 16.0 Å². The number of nitrogens with one attached hydrogen (secondary N) is 3. The molecule has 3 aromatic carbocycles. The Labute approximate surface area is 197 Å². The van der Waals surface area contributed by atoms with Crippen molar-refractivity contribution < 1.29 is 14.3 Å². The van der Waals surface area contributed by atoms with Crippen molar-refractivity contribution in [3.63, 3.8) is 0 Å². The van der Waals surface area contributed by atoms with Gasteiger partial charge in [-0.2, -0.15) is 5.10 Å². The molecule has 0 spiro atoms. The van der Waals surface area contributed by atoms with Gasteiger partial charge in [-0.05, 0) is 36.8 Å². The van der Waals surface area contributed by atoms with Crippen molar-refractivity contribution in [2.75, 3.05) is 22.6 Å². The molecule has 0 saturated carbocycles. The molecule has 0 saturated heterocycles. The van der Waals surface area contributed by atoms with Gasteiger partial charge in [-0.3, -0.25) is 15.3 Å². The summed E-state index contributed by atoms with van der Waals surface area (Å²) < 4.78 is 7.03. The SMILES string of the molecule is Cc1c(-c2ccccc2)c(NC(=O)Nc2ccccc2)nn1CCOC(=O)Nc1ccccc1. The normalized spacial score (nSPS) is 10.4. The summed E-state index contributed by atoms with van der Waals surface area (Å²) in [6, 6.07) is 27.6. The lowest BCUT2D eigenvalue weighted by atomic mass is 10.1. The number of urea groups is 1. The molecule has 0 aliphatic rings. The largest absolute Gasteiger partial charge is 0.447 e. The van der Waals surface area contributed by atoms with Crippen LogP contribution in [0.5, 0.6) is 0 Å². The lowest BCUT2D eigenvalue weighted by Gasteiger charge is -2.08. The minimum Gasteiger partial charge on any atom is -0.447 e. The quantitative estimate of drug-likeness (QED) is 0.330. The Hall–Kier alpha value is -4.59.